The summed E-state index contributed by atoms with van der Waals surface area (Å²) in [4.78, 5) is 2.39. The molecule has 20 heavy (non-hydrogen) atoms. The van der Waals surface area contributed by atoms with Gasteiger partial charge in [-0.3, -0.25) is 0 Å². The van der Waals surface area contributed by atoms with E-state index in [1.54, 1.807) is 0 Å². The number of rotatable bonds is 0. The first-order chi connectivity index (χ1) is 8.89. The van der Waals surface area contributed by atoms with Crippen LogP contribution in [0.4, 0.5) is 0 Å². The maximum absolute atomic E-state index is 3.72. The molecular weight excluding hydrogens is 511 g/mol. The maximum atomic E-state index is 3.72. The summed E-state index contributed by atoms with van der Waals surface area (Å²) in [6.45, 7) is 3.72. The van der Waals surface area contributed by atoms with Crippen molar-refractivity contribution in [3.63, 3.8) is 0 Å². The van der Waals surface area contributed by atoms with Gasteiger partial charge in [-0.2, -0.15) is 61.0 Å². The van der Waals surface area contributed by atoms with Crippen LogP contribution in [0, 0.1) is 56.8 Å². The number of nitrogens with zero attached hydrogens (tertiary/aromatic N) is 2. The maximum Gasteiger partial charge on any atom is 2.00 e. The topological polar surface area (TPSA) is 41.6 Å². The number of H-pyrrole nitrogens is 1. The molecule has 5 heteroatoms. The summed E-state index contributed by atoms with van der Waals surface area (Å²) in [5, 5.41) is 6.47. The van der Waals surface area contributed by atoms with Crippen molar-refractivity contribution >= 4 is 0 Å². The standard InChI is InChI=1S/C7H7.C6H5.C2HN3.U.V/c1-7-5-3-2-4-6-7;1-2-4-6-5-3-1;1-3-2-5-4-1;;/h2-6H,1H2;1-5H;(H,3,4,5);;/q2*-1;-2;2*+2. The minimum atomic E-state index is 0. The number of hydrogen-bond acceptors (Lipinski definition) is 2. The SMILES string of the molecule is [CH2-]c1ccccc1.[U+2].[V+2].[c-]1ccccc1.[c-]1nn[c-][nH]1. The summed E-state index contributed by atoms with van der Waals surface area (Å²) in [7, 11) is 0. The van der Waals surface area contributed by atoms with Gasteiger partial charge in [0, 0.05) is 0 Å². The summed E-state index contributed by atoms with van der Waals surface area (Å²) in [6.07, 6.45) is 4.64. The number of benzene rings is 2. The summed E-state index contributed by atoms with van der Waals surface area (Å²) in [6, 6.07) is 22.4. The Bertz CT molecular complexity index is 431. The molecule has 2 aromatic carbocycles. The van der Waals surface area contributed by atoms with E-state index >= 15 is 0 Å². The third-order valence-corrected chi connectivity index (χ3v) is 1.71. The molecule has 0 amide bonds. The molecule has 3 aromatic rings. The van der Waals surface area contributed by atoms with Crippen LogP contribution in [0.2, 0.25) is 0 Å². The molecule has 1 N–H and O–H groups in total. The van der Waals surface area contributed by atoms with E-state index in [1.807, 2.05) is 60.7 Å². The van der Waals surface area contributed by atoms with Gasteiger partial charge in [0.25, 0.3) is 0 Å². The van der Waals surface area contributed by atoms with Gasteiger partial charge in [0.05, 0.1) is 0 Å². The molecule has 0 bridgehead atoms. The van der Waals surface area contributed by atoms with Crippen molar-refractivity contribution in [2.75, 3.05) is 0 Å². The predicted octanol–water partition coefficient (Wildman–Crippen LogP) is 2.76. The van der Waals surface area contributed by atoms with Gasteiger partial charge in [-0.15, -0.1) is 12.1 Å². The smallest absolute Gasteiger partial charge is 0.680 e. The first-order valence-electron chi connectivity index (χ1n) is 5.32. The molecule has 0 atom stereocenters. The van der Waals surface area contributed by atoms with E-state index in [2.05, 4.69) is 40.8 Å². The molecule has 0 aliphatic heterocycles. The van der Waals surface area contributed by atoms with E-state index in [4.69, 9.17) is 0 Å². The van der Waals surface area contributed by atoms with Gasteiger partial charge in [0.1, 0.15) is 0 Å². The summed E-state index contributed by atoms with van der Waals surface area (Å²) in [5.41, 5.74) is 1.07. The summed E-state index contributed by atoms with van der Waals surface area (Å²) in [5.74, 6) is 0. The van der Waals surface area contributed by atoms with Crippen LogP contribution in [0.15, 0.2) is 60.7 Å². The van der Waals surface area contributed by atoms with Crippen LogP contribution in [0.1, 0.15) is 5.56 Å². The van der Waals surface area contributed by atoms with Crippen molar-refractivity contribution in [2.24, 2.45) is 0 Å². The van der Waals surface area contributed by atoms with E-state index in [0.717, 1.165) is 5.56 Å². The number of nitrogens with one attached hydrogen (secondary N) is 1. The van der Waals surface area contributed by atoms with E-state index in [-0.39, 0.29) is 49.7 Å². The zero-order valence-corrected chi connectivity index (χ0v) is 16.4. The molecule has 0 unspecified atom stereocenters. The van der Waals surface area contributed by atoms with E-state index in [1.165, 1.54) is 0 Å². The third-order valence-electron chi connectivity index (χ3n) is 1.71. The summed E-state index contributed by atoms with van der Waals surface area (Å²) < 4.78 is 0. The molecule has 1 heterocycles. The van der Waals surface area contributed by atoms with Crippen LogP contribution in [0.3, 0.4) is 0 Å². The van der Waals surface area contributed by atoms with Gasteiger partial charge in [0.2, 0.25) is 0 Å². The Balaban J connectivity index is 0. The Morgan fingerprint density at radius 1 is 0.850 bits per heavy atom. The van der Waals surface area contributed by atoms with Crippen molar-refractivity contribution in [2.45, 2.75) is 0 Å². The number of hydrogen-bond donors (Lipinski definition) is 1. The van der Waals surface area contributed by atoms with Crippen molar-refractivity contribution in [3.05, 3.63) is 91.9 Å². The van der Waals surface area contributed by atoms with Crippen LogP contribution in [-0.4, -0.2) is 15.2 Å². The first-order valence-corrected chi connectivity index (χ1v) is 5.32. The van der Waals surface area contributed by atoms with Gasteiger partial charge in [-0.25, -0.2) is 0 Å². The number of aromatic nitrogens is 3. The molecule has 3 rings (SSSR count). The normalized spacial score (nSPS) is 7.40. The van der Waals surface area contributed by atoms with Crippen LogP contribution >= 0.6 is 0 Å². The molecule has 1 aromatic heterocycles. The molecule has 97 valence electrons. The van der Waals surface area contributed by atoms with Crippen molar-refractivity contribution in [3.8, 4) is 0 Å². The van der Waals surface area contributed by atoms with E-state index in [0.29, 0.717) is 0 Å². The van der Waals surface area contributed by atoms with Gasteiger partial charge in [-0.1, -0.05) is 6.07 Å². The van der Waals surface area contributed by atoms with Crippen molar-refractivity contribution in [1.29, 1.82) is 0 Å². The second kappa shape index (κ2) is 16.1. The fourth-order valence-electron chi connectivity index (χ4n) is 0.945. The average molecular weight is 524 g/mol. The molecular formula is C15H13N3UV. The Hall–Kier alpha value is -0.914. The van der Waals surface area contributed by atoms with Gasteiger partial charge in [0.15, 0.2) is 0 Å². The Labute approximate surface area is 155 Å². The minimum absolute atomic E-state index is 0. The van der Waals surface area contributed by atoms with Gasteiger partial charge >= 0.3 is 49.7 Å². The first kappa shape index (κ1) is 21.4. The Kier molecular flexibility index (Phi) is 17.3. The molecule has 0 saturated heterocycles. The second-order valence-corrected chi connectivity index (χ2v) is 3.11. The predicted molar refractivity (Wildman–Crippen MR) is 70.2 cm³/mol. The molecule has 0 spiro atoms. The largest absolute Gasteiger partial charge is 2.00 e. The zero-order valence-electron chi connectivity index (χ0n) is 10.8. The summed E-state index contributed by atoms with van der Waals surface area (Å²) >= 11 is 0. The molecule has 3 nitrogen and oxygen atoms in total. The minimum Gasteiger partial charge on any atom is -0.680 e. The monoisotopic (exact) mass is 524 g/mol. The molecule has 0 aliphatic rings. The Morgan fingerprint density at radius 2 is 1.35 bits per heavy atom. The number of aromatic amines is 1. The molecule has 0 saturated carbocycles. The Morgan fingerprint density at radius 3 is 1.55 bits per heavy atom. The van der Waals surface area contributed by atoms with Gasteiger partial charge < -0.3 is 27.8 Å². The second-order valence-electron chi connectivity index (χ2n) is 3.11. The van der Waals surface area contributed by atoms with Crippen LogP contribution in [0.25, 0.3) is 0 Å². The molecule has 0 aliphatic carbocycles. The van der Waals surface area contributed by atoms with E-state index < -0.39 is 0 Å². The third kappa shape index (κ3) is 13.5. The fourth-order valence-corrected chi connectivity index (χ4v) is 0.945. The quantitative estimate of drug-likeness (QED) is 0.460. The molecule has 0 fully saturated rings. The van der Waals surface area contributed by atoms with Gasteiger partial charge in [-0.05, 0) is 0 Å². The zero-order chi connectivity index (χ0) is 12.9. The van der Waals surface area contributed by atoms with Crippen molar-refractivity contribution in [1.82, 2.24) is 15.2 Å². The van der Waals surface area contributed by atoms with Crippen molar-refractivity contribution < 1.29 is 49.7 Å². The average Bonchev–Trinajstić information content (AvgIpc) is 3.01. The van der Waals surface area contributed by atoms with E-state index in [9.17, 15) is 0 Å². The van der Waals surface area contributed by atoms with Crippen LogP contribution in [-0.2, 0) is 18.6 Å². The molecule has 1 radical (unpaired) electrons. The fraction of sp³-hybridized carbons (Fsp3) is 0. The van der Waals surface area contributed by atoms with Crippen LogP contribution < -0.4 is 0 Å². The van der Waals surface area contributed by atoms with Crippen LogP contribution in [0.5, 0.6) is 0 Å².